The zero-order valence-electron chi connectivity index (χ0n) is 17.4. The number of benzene rings is 2. The fourth-order valence-corrected chi connectivity index (χ4v) is 3.87. The predicted molar refractivity (Wildman–Crippen MR) is 119 cm³/mol. The molecule has 31 heavy (non-hydrogen) atoms. The number of amides is 4. The van der Waals surface area contributed by atoms with Crippen LogP contribution in [0.4, 0.5) is 17.1 Å². The highest BCUT2D eigenvalue weighted by atomic mass is 16.2. The second kappa shape index (κ2) is 9.88. The van der Waals surface area contributed by atoms with Crippen molar-refractivity contribution in [2.45, 2.75) is 44.6 Å². The lowest BCUT2D eigenvalue weighted by Crippen LogP contribution is -2.57. The van der Waals surface area contributed by atoms with Crippen molar-refractivity contribution in [2.24, 2.45) is 0 Å². The molecule has 0 saturated heterocycles. The van der Waals surface area contributed by atoms with Crippen molar-refractivity contribution in [3.8, 4) is 0 Å². The quantitative estimate of drug-likeness (QED) is 0.489. The van der Waals surface area contributed by atoms with Crippen LogP contribution in [0.3, 0.4) is 0 Å². The molecule has 2 aromatic carbocycles. The van der Waals surface area contributed by atoms with Gasteiger partial charge in [0, 0.05) is 22.6 Å². The van der Waals surface area contributed by atoms with Gasteiger partial charge in [0.25, 0.3) is 5.91 Å². The van der Waals surface area contributed by atoms with E-state index in [-0.39, 0.29) is 11.5 Å². The minimum Gasteiger partial charge on any atom is -0.338 e. The van der Waals surface area contributed by atoms with Gasteiger partial charge in [-0.2, -0.15) is 0 Å². The summed E-state index contributed by atoms with van der Waals surface area (Å²) in [6.45, 7) is 1.91. The molecule has 2 aromatic rings. The van der Waals surface area contributed by atoms with Gasteiger partial charge in [-0.15, -0.1) is 0 Å². The van der Waals surface area contributed by atoms with Crippen LogP contribution in [0, 0.1) is 6.92 Å². The van der Waals surface area contributed by atoms with Crippen molar-refractivity contribution in [1.82, 2.24) is 5.32 Å². The Balaban J connectivity index is 1.87. The number of hydrogen-bond acceptors (Lipinski definition) is 4. The van der Waals surface area contributed by atoms with Crippen LogP contribution in [0.5, 0.6) is 0 Å². The summed E-state index contributed by atoms with van der Waals surface area (Å²) in [6.07, 6.45) is 4.68. The second-order valence-electron chi connectivity index (χ2n) is 7.69. The Kier molecular flexibility index (Phi) is 7.02. The van der Waals surface area contributed by atoms with E-state index in [0.29, 0.717) is 42.7 Å². The van der Waals surface area contributed by atoms with Crippen molar-refractivity contribution in [3.63, 3.8) is 0 Å². The van der Waals surface area contributed by atoms with Crippen LogP contribution in [0.1, 0.15) is 48.0 Å². The van der Waals surface area contributed by atoms with E-state index in [2.05, 4.69) is 21.3 Å². The molecule has 0 heterocycles. The van der Waals surface area contributed by atoms with Gasteiger partial charge in [-0.1, -0.05) is 37.5 Å². The largest absolute Gasteiger partial charge is 0.338 e. The van der Waals surface area contributed by atoms with Crippen molar-refractivity contribution in [2.75, 3.05) is 16.0 Å². The molecule has 0 bridgehead atoms. The summed E-state index contributed by atoms with van der Waals surface area (Å²) < 4.78 is 0. The maximum atomic E-state index is 13.3. The SMILES string of the molecule is Cc1ccccc1NC(=O)C1(NC(=O)c2cc(NC=O)cc(NC=O)c2)CCCCC1. The Morgan fingerprint density at radius 2 is 1.52 bits per heavy atom. The lowest BCUT2D eigenvalue weighted by Gasteiger charge is -2.36. The van der Waals surface area contributed by atoms with Crippen molar-refractivity contribution in [1.29, 1.82) is 0 Å². The third-order valence-corrected chi connectivity index (χ3v) is 5.53. The van der Waals surface area contributed by atoms with E-state index in [4.69, 9.17) is 0 Å². The lowest BCUT2D eigenvalue weighted by molar-refractivity contribution is -0.123. The highest BCUT2D eigenvalue weighted by Gasteiger charge is 2.41. The van der Waals surface area contributed by atoms with E-state index in [1.54, 1.807) is 0 Å². The van der Waals surface area contributed by atoms with Crippen LogP contribution >= 0.6 is 0 Å². The summed E-state index contributed by atoms with van der Waals surface area (Å²) in [5.74, 6) is -0.700. The fraction of sp³-hybridized carbons (Fsp3) is 0.304. The van der Waals surface area contributed by atoms with Gasteiger partial charge in [0.15, 0.2) is 0 Å². The number of carbonyl (C=O) groups excluding carboxylic acids is 4. The van der Waals surface area contributed by atoms with Gasteiger partial charge in [0.1, 0.15) is 5.54 Å². The third kappa shape index (κ3) is 5.28. The number of rotatable bonds is 8. The van der Waals surface area contributed by atoms with Crippen molar-refractivity contribution in [3.05, 3.63) is 53.6 Å². The summed E-state index contributed by atoms with van der Waals surface area (Å²) in [5, 5.41) is 10.9. The standard InChI is InChI=1S/C23H26N4O4/c1-16-7-3-4-8-20(16)26-22(31)23(9-5-2-6-10-23)27-21(30)17-11-18(24-14-28)13-19(12-17)25-15-29/h3-4,7-8,11-15H,2,5-6,9-10H2,1H3,(H,24,28)(H,25,29)(H,26,31)(H,27,30). The molecule has 0 aliphatic heterocycles. The Labute approximate surface area is 180 Å². The minimum atomic E-state index is -1.04. The molecule has 162 valence electrons. The van der Waals surface area contributed by atoms with Crippen molar-refractivity contribution < 1.29 is 19.2 Å². The molecule has 3 rings (SSSR count). The predicted octanol–water partition coefficient (Wildman–Crippen LogP) is 3.20. The summed E-state index contributed by atoms with van der Waals surface area (Å²) in [5.41, 5.74) is 1.55. The zero-order valence-corrected chi connectivity index (χ0v) is 17.4. The van der Waals surface area contributed by atoms with Crippen LogP contribution in [0.2, 0.25) is 0 Å². The maximum Gasteiger partial charge on any atom is 0.252 e. The van der Waals surface area contributed by atoms with Gasteiger partial charge < -0.3 is 21.3 Å². The van der Waals surface area contributed by atoms with E-state index in [0.717, 1.165) is 24.8 Å². The number of hydrogen-bond donors (Lipinski definition) is 4. The maximum absolute atomic E-state index is 13.3. The summed E-state index contributed by atoms with van der Waals surface area (Å²) >= 11 is 0. The summed E-state index contributed by atoms with van der Waals surface area (Å²) in [6, 6.07) is 12.0. The van der Waals surface area contributed by atoms with Crippen molar-refractivity contribution >= 4 is 41.7 Å². The average molecular weight is 422 g/mol. The van der Waals surface area contributed by atoms with Crippen LogP contribution < -0.4 is 21.3 Å². The van der Waals surface area contributed by atoms with Gasteiger partial charge >= 0.3 is 0 Å². The molecular weight excluding hydrogens is 396 g/mol. The molecule has 1 fully saturated rings. The number of carbonyl (C=O) groups is 4. The second-order valence-corrected chi connectivity index (χ2v) is 7.69. The first kappa shape index (κ1) is 22.0. The molecule has 0 radical (unpaired) electrons. The van der Waals surface area contributed by atoms with Gasteiger partial charge in [-0.3, -0.25) is 19.2 Å². The molecule has 1 saturated carbocycles. The highest BCUT2D eigenvalue weighted by molar-refractivity contribution is 6.05. The van der Waals surface area contributed by atoms with E-state index in [9.17, 15) is 19.2 Å². The van der Waals surface area contributed by atoms with Crippen LogP contribution in [0.15, 0.2) is 42.5 Å². The monoisotopic (exact) mass is 422 g/mol. The molecule has 0 atom stereocenters. The first-order chi connectivity index (χ1) is 15.0. The number of para-hydroxylation sites is 1. The third-order valence-electron chi connectivity index (χ3n) is 5.53. The van der Waals surface area contributed by atoms with Gasteiger partial charge in [0.05, 0.1) is 0 Å². The molecule has 1 aliphatic carbocycles. The molecule has 8 nitrogen and oxygen atoms in total. The smallest absolute Gasteiger partial charge is 0.252 e. The molecule has 8 heteroatoms. The Bertz CT molecular complexity index is 955. The van der Waals surface area contributed by atoms with Crippen LogP contribution in [0.25, 0.3) is 0 Å². The number of aryl methyl sites for hydroxylation is 1. The molecule has 0 aromatic heterocycles. The topological polar surface area (TPSA) is 116 Å². The fourth-order valence-electron chi connectivity index (χ4n) is 3.87. The van der Waals surface area contributed by atoms with Gasteiger partial charge in [-0.05, 0) is 49.6 Å². The molecule has 4 amide bonds. The number of anilines is 3. The first-order valence-corrected chi connectivity index (χ1v) is 10.2. The molecule has 4 N–H and O–H groups in total. The number of nitrogens with one attached hydrogen (secondary N) is 4. The van der Waals surface area contributed by atoms with Gasteiger partial charge in [-0.25, -0.2) is 0 Å². The molecular formula is C23H26N4O4. The summed E-state index contributed by atoms with van der Waals surface area (Å²) in [4.78, 5) is 48.1. The molecule has 0 spiro atoms. The Morgan fingerprint density at radius 1 is 0.903 bits per heavy atom. The van der Waals surface area contributed by atoms with E-state index < -0.39 is 11.4 Å². The lowest BCUT2D eigenvalue weighted by atomic mass is 9.80. The average Bonchev–Trinajstić information content (AvgIpc) is 2.76. The van der Waals surface area contributed by atoms with Gasteiger partial charge in [0.2, 0.25) is 18.7 Å². The molecule has 0 unspecified atom stereocenters. The van der Waals surface area contributed by atoms with E-state index >= 15 is 0 Å². The van der Waals surface area contributed by atoms with Crippen LogP contribution in [-0.4, -0.2) is 30.2 Å². The van der Waals surface area contributed by atoms with E-state index in [1.165, 1.54) is 18.2 Å². The normalized spacial score (nSPS) is 14.7. The van der Waals surface area contributed by atoms with E-state index in [1.807, 2.05) is 31.2 Å². The Morgan fingerprint density at radius 3 is 2.10 bits per heavy atom. The minimum absolute atomic E-state index is 0.227. The molecule has 1 aliphatic rings. The van der Waals surface area contributed by atoms with Crippen LogP contribution in [-0.2, 0) is 14.4 Å². The Hall–Kier alpha value is -3.68. The zero-order chi connectivity index (χ0) is 22.3. The summed E-state index contributed by atoms with van der Waals surface area (Å²) in [7, 11) is 0. The highest BCUT2D eigenvalue weighted by Crippen LogP contribution is 2.31. The first-order valence-electron chi connectivity index (χ1n) is 10.2.